The van der Waals surface area contributed by atoms with E-state index in [0.29, 0.717) is 0 Å². The van der Waals surface area contributed by atoms with Crippen LogP contribution < -0.4 is 10.6 Å². The van der Waals surface area contributed by atoms with Crippen LogP contribution in [0.5, 0.6) is 0 Å². The van der Waals surface area contributed by atoms with Crippen molar-refractivity contribution in [3.63, 3.8) is 0 Å². The van der Waals surface area contributed by atoms with Crippen molar-refractivity contribution < 1.29 is 0 Å². The Kier molecular flexibility index (Phi) is 4.37. The van der Waals surface area contributed by atoms with Gasteiger partial charge in [0.15, 0.2) is 0 Å². The Bertz CT molecular complexity index is 479. The second-order valence-corrected chi connectivity index (χ2v) is 4.53. The molecule has 0 saturated heterocycles. The summed E-state index contributed by atoms with van der Waals surface area (Å²) in [5.41, 5.74) is 3.74. The summed E-state index contributed by atoms with van der Waals surface area (Å²) < 4.78 is 0. The maximum atomic E-state index is 3.57. The number of benzene rings is 2. The zero-order valence-corrected chi connectivity index (χ0v) is 11.0. The minimum absolute atomic E-state index is 0.290. The van der Waals surface area contributed by atoms with Gasteiger partial charge in [0.05, 0.1) is 6.04 Å². The van der Waals surface area contributed by atoms with Gasteiger partial charge in [-0.05, 0) is 37.2 Å². The van der Waals surface area contributed by atoms with Crippen LogP contribution in [0.15, 0.2) is 54.6 Å². The number of rotatable bonds is 5. The minimum Gasteiger partial charge on any atom is -0.377 e. The highest BCUT2D eigenvalue weighted by Crippen LogP contribution is 2.19. The summed E-state index contributed by atoms with van der Waals surface area (Å²) in [5, 5.41) is 6.81. The van der Waals surface area contributed by atoms with Gasteiger partial charge >= 0.3 is 0 Å². The van der Waals surface area contributed by atoms with Crippen LogP contribution in [0.2, 0.25) is 0 Å². The molecule has 2 rings (SSSR count). The third-order valence-corrected chi connectivity index (χ3v) is 2.97. The normalized spacial score (nSPS) is 12.1. The van der Waals surface area contributed by atoms with Crippen molar-refractivity contribution in [1.82, 2.24) is 5.32 Å². The van der Waals surface area contributed by atoms with Crippen LogP contribution in [-0.4, -0.2) is 13.6 Å². The Balaban J connectivity index is 2.16. The maximum Gasteiger partial charge on any atom is 0.0638 e. The molecular formula is C16H20N2. The molecule has 2 N–H and O–H groups in total. The van der Waals surface area contributed by atoms with Crippen molar-refractivity contribution in [3.8, 4) is 0 Å². The second-order valence-electron chi connectivity index (χ2n) is 4.53. The van der Waals surface area contributed by atoms with Crippen molar-refractivity contribution in [2.45, 2.75) is 13.0 Å². The Morgan fingerprint density at radius 3 is 2.44 bits per heavy atom. The topological polar surface area (TPSA) is 24.1 Å². The highest BCUT2D eigenvalue weighted by Gasteiger charge is 2.09. The minimum atomic E-state index is 0.290. The van der Waals surface area contributed by atoms with Gasteiger partial charge in [0.1, 0.15) is 0 Å². The van der Waals surface area contributed by atoms with E-state index in [1.165, 1.54) is 16.8 Å². The average molecular weight is 240 g/mol. The molecule has 0 spiro atoms. The molecule has 2 heteroatoms. The molecule has 0 aliphatic heterocycles. The van der Waals surface area contributed by atoms with Crippen molar-refractivity contribution >= 4 is 5.69 Å². The first-order valence-electron chi connectivity index (χ1n) is 6.32. The van der Waals surface area contributed by atoms with Crippen LogP contribution in [-0.2, 0) is 0 Å². The number of nitrogens with one attached hydrogen (secondary N) is 2. The number of aryl methyl sites for hydroxylation is 1. The Hall–Kier alpha value is -1.80. The molecule has 1 atom stereocenters. The summed E-state index contributed by atoms with van der Waals surface area (Å²) in [7, 11) is 1.98. The first-order chi connectivity index (χ1) is 8.79. The molecule has 0 fully saturated rings. The van der Waals surface area contributed by atoms with E-state index in [0.717, 1.165) is 6.54 Å². The molecule has 0 saturated carbocycles. The molecule has 0 aliphatic rings. The number of hydrogen-bond donors (Lipinski definition) is 2. The lowest BCUT2D eigenvalue weighted by atomic mass is 10.1. The summed E-state index contributed by atoms with van der Waals surface area (Å²) in [6.45, 7) is 3.01. The van der Waals surface area contributed by atoms with Crippen LogP contribution >= 0.6 is 0 Å². The molecule has 0 heterocycles. The summed E-state index contributed by atoms with van der Waals surface area (Å²) >= 11 is 0. The molecule has 0 amide bonds. The number of hydrogen-bond acceptors (Lipinski definition) is 2. The fourth-order valence-electron chi connectivity index (χ4n) is 2.08. The third kappa shape index (κ3) is 3.34. The van der Waals surface area contributed by atoms with Crippen molar-refractivity contribution in [2.24, 2.45) is 0 Å². The zero-order chi connectivity index (χ0) is 12.8. The van der Waals surface area contributed by atoms with Gasteiger partial charge < -0.3 is 10.6 Å². The fourth-order valence-corrected chi connectivity index (χ4v) is 2.08. The highest BCUT2D eigenvalue weighted by atomic mass is 15.0. The monoisotopic (exact) mass is 240 g/mol. The lowest BCUT2D eigenvalue weighted by molar-refractivity contribution is 0.689. The highest BCUT2D eigenvalue weighted by molar-refractivity contribution is 5.47. The quantitative estimate of drug-likeness (QED) is 0.837. The SMILES string of the molecule is CNCC(Nc1cccc(C)c1)c1ccccc1. The van der Waals surface area contributed by atoms with E-state index in [2.05, 4.69) is 66.1 Å². The van der Waals surface area contributed by atoms with Crippen molar-refractivity contribution in [1.29, 1.82) is 0 Å². The van der Waals surface area contributed by atoms with Gasteiger partial charge in [-0.15, -0.1) is 0 Å². The average Bonchev–Trinajstić information content (AvgIpc) is 2.39. The summed E-state index contributed by atoms with van der Waals surface area (Å²) in [6, 6.07) is 19.3. The van der Waals surface area contributed by atoms with E-state index in [1.54, 1.807) is 0 Å². The summed E-state index contributed by atoms with van der Waals surface area (Å²) in [4.78, 5) is 0. The molecule has 0 aliphatic carbocycles. The van der Waals surface area contributed by atoms with Gasteiger partial charge in [0.25, 0.3) is 0 Å². The largest absolute Gasteiger partial charge is 0.377 e. The molecule has 2 aromatic carbocycles. The lowest BCUT2D eigenvalue weighted by Crippen LogP contribution is -2.23. The first kappa shape index (κ1) is 12.7. The molecule has 0 radical (unpaired) electrons. The third-order valence-electron chi connectivity index (χ3n) is 2.97. The van der Waals surface area contributed by atoms with Gasteiger partial charge in [-0.2, -0.15) is 0 Å². The van der Waals surface area contributed by atoms with E-state index < -0.39 is 0 Å². The molecule has 2 aromatic rings. The van der Waals surface area contributed by atoms with Crippen molar-refractivity contribution in [3.05, 3.63) is 65.7 Å². The standard InChI is InChI=1S/C16H20N2/c1-13-7-6-10-15(11-13)18-16(12-17-2)14-8-4-3-5-9-14/h3-11,16-18H,12H2,1-2H3. The van der Waals surface area contributed by atoms with Gasteiger partial charge in [-0.25, -0.2) is 0 Å². The van der Waals surface area contributed by atoms with E-state index in [9.17, 15) is 0 Å². The molecule has 94 valence electrons. The van der Waals surface area contributed by atoms with Crippen LogP contribution in [0.4, 0.5) is 5.69 Å². The van der Waals surface area contributed by atoms with E-state index in [1.807, 2.05) is 13.1 Å². The van der Waals surface area contributed by atoms with Gasteiger partial charge in [-0.3, -0.25) is 0 Å². The molecule has 0 aromatic heterocycles. The second kappa shape index (κ2) is 6.22. The number of anilines is 1. The predicted molar refractivity (Wildman–Crippen MR) is 77.9 cm³/mol. The first-order valence-corrected chi connectivity index (χ1v) is 6.32. The van der Waals surface area contributed by atoms with Crippen LogP contribution in [0.1, 0.15) is 17.2 Å². The zero-order valence-electron chi connectivity index (χ0n) is 11.0. The van der Waals surface area contributed by atoms with Gasteiger partial charge in [0.2, 0.25) is 0 Å². The Morgan fingerprint density at radius 2 is 1.78 bits per heavy atom. The van der Waals surface area contributed by atoms with Crippen LogP contribution in [0, 0.1) is 6.92 Å². The van der Waals surface area contributed by atoms with Crippen molar-refractivity contribution in [2.75, 3.05) is 18.9 Å². The molecule has 18 heavy (non-hydrogen) atoms. The molecule has 2 nitrogen and oxygen atoms in total. The van der Waals surface area contributed by atoms with E-state index >= 15 is 0 Å². The fraction of sp³-hybridized carbons (Fsp3) is 0.250. The van der Waals surface area contributed by atoms with Crippen LogP contribution in [0.25, 0.3) is 0 Å². The van der Waals surface area contributed by atoms with Gasteiger partial charge in [-0.1, -0.05) is 42.5 Å². The Morgan fingerprint density at radius 1 is 1.00 bits per heavy atom. The lowest BCUT2D eigenvalue weighted by Gasteiger charge is -2.20. The Labute approximate surface area is 109 Å². The summed E-state index contributed by atoms with van der Waals surface area (Å²) in [5.74, 6) is 0. The van der Waals surface area contributed by atoms with Gasteiger partial charge in [0, 0.05) is 12.2 Å². The molecule has 0 bridgehead atoms. The summed E-state index contributed by atoms with van der Waals surface area (Å²) in [6.07, 6.45) is 0. The molecular weight excluding hydrogens is 220 g/mol. The number of likely N-dealkylation sites (N-methyl/N-ethyl adjacent to an activating group) is 1. The molecule has 1 unspecified atom stereocenters. The predicted octanol–water partition coefficient (Wildman–Crippen LogP) is 3.37. The van der Waals surface area contributed by atoms with E-state index in [-0.39, 0.29) is 6.04 Å². The maximum absolute atomic E-state index is 3.57. The smallest absolute Gasteiger partial charge is 0.0638 e. The van der Waals surface area contributed by atoms with Crippen LogP contribution in [0.3, 0.4) is 0 Å². The van der Waals surface area contributed by atoms with E-state index in [4.69, 9.17) is 0 Å².